The first-order valence-corrected chi connectivity index (χ1v) is 8.15. The molecule has 0 aromatic heterocycles. The number of carboxylic acids is 1. The first kappa shape index (κ1) is 17.8. The summed E-state index contributed by atoms with van der Waals surface area (Å²) < 4.78 is 0. The molecule has 1 saturated heterocycles. The Morgan fingerprint density at radius 3 is 2.38 bits per heavy atom. The lowest BCUT2D eigenvalue weighted by atomic mass is 9.82. The van der Waals surface area contributed by atoms with Crippen molar-refractivity contribution in [2.45, 2.75) is 53.4 Å². The molecule has 1 rings (SSSR count). The Morgan fingerprint density at radius 2 is 1.90 bits per heavy atom. The summed E-state index contributed by atoms with van der Waals surface area (Å²) in [7, 11) is 0. The zero-order valence-electron chi connectivity index (χ0n) is 13.9. The number of hydrogen-bond donors (Lipinski definition) is 1. The second kappa shape index (κ2) is 7.66. The second-order valence-corrected chi connectivity index (χ2v) is 6.39. The van der Waals surface area contributed by atoms with Crippen LogP contribution in [0.4, 0.5) is 4.79 Å². The Balaban J connectivity index is 2.73. The van der Waals surface area contributed by atoms with Crippen molar-refractivity contribution in [1.82, 2.24) is 9.80 Å². The molecule has 0 saturated carbocycles. The van der Waals surface area contributed by atoms with Crippen LogP contribution in [0.2, 0.25) is 0 Å². The maximum absolute atomic E-state index is 12.7. The Morgan fingerprint density at radius 1 is 1.29 bits per heavy atom. The lowest BCUT2D eigenvalue weighted by Crippen LogP contribution is -2.53. The molecular weight excluding hydrogens is 268 g/mol. The van der Waals surface area contributed by atoms with Crippen molar-refractivity contribution in [3.63, 3.8) is 0 Å². The molecule has 5 nitrogen and oxygen atoms in total. The van der Waals surface area contributed by atoms with Crippen LogP contribution in [0, 0.1) is 11.3 Å². The minimum Gasteiger partial charge on any atom is -0.481 e. The van der Waals surface area contributed by atoms with Gasteiger partial charge in [-0.2, -0.15) is 0 Å². The van der Waals surface area contributed by atoms with Crippen molar-refractivity contribution in [2.24, 2.45) is 11.3 Å². The highest BCUT2D eigenvalue weighted by atomic mass is 16.4. The topological polar surface area (TPSA) is 60.9 Å². The van der Waals surface area contributed by atoms with E-state index >= 15 is 0 Å². The van der Waals surface area contributed by atoms with Gasteiger partial charge in [-0.1, -0.05) is 26.7 Å². The van der Waals surface area contributed by atoms with Crippen molar-refractivity contribution in [1.29, 1.82) is 0 Å². The van der Waals surface area contributed by atoms with E-state index in [1.165, 1.54) is 0 Å². The first-order valence-electron chi connectivity index (χ1n) is 8.15. The number of nitrogens with zero attached hydrogens (tertiary/aromatic N) is 2. The van der Waals surface area contributed by atoms with Crippen LogP contribution in [-0.2, 0) is 4.79 Å². The largest absolute Gasteiger partial charge is 0.481 e. The first-order chi connectivity index (χ1) is 9.87. The Labute approximate surface area is 128 Å². The average molecular weight is 298 g/mol. The Bertz CT molecular complexity index is 369. The summed E-state index contributed by atoms with van der Waals surface area (Å²) in [6.07, 6.45) is 3.53. The van der Waals surface area contributed by atoms with Crippen LogP contribution in [0.25, 0.3) is 0 Å². The molecule has 0 radical (unpaired) electrons. The third-order valence-corrected chi connectivity index (χ3v) is 4.77. The van der Waals surface area contributed by atoms with Crippen LogP contribution < -0.4 is 0 Å². The average Bonchev–Trinajstić information content (AvgIpc) is 2.48. The third kappa shape index (κ3) is 4.35. The van der Waals surface area contributed by atoms with E-state index in [4.69, 9.17) is 0 Å². The number of rotatable bonds is 6. The summed E-state index contributed by atoms with van der Waals surface area (Å²) in [6, 6.07) is -0.00317. The number of carboxylic acid groups (broad SMARTS) is 1. The number of carbonyl (C=O) groups excluding carboxylic acids is 1. The third-order valence-electron chi connectivity index (χ3n) is 4.77. The fraction of sp³-hybridized carbons (Fsp3) is 0.875. The van der Waals surface area contributed by atoms with Crippen molar-refractivity contribution < 1.29 is 14.7 Å². The molecule has 0 spiro atoms. The molecule has 1 fully saturated rings. The molecule has 1 aliphatic rings. The van der Waals surface area contributed by atoms with Crippen LogP contribution in [0.15, 0.2) is 0 Å². The minimum atomic E-state index is -0.803. The predicted molar refractivity (Wildman–Crippen MR) is 83.3 cm³/mol. The summed E-state index contributed by atoms with van der Waals surface area (Å²) >= 11 is 0. The molecule has 5 heteroatoms. The van der Waals surface area contributed by atoms with E-state index in [1.807, 2.05) is 11.8 Å². The van der Waals surface area contributed by atoms with Crippen LogP contribution >= 0.6 is 0 Å². The summed E-state index contributed by atoms with van der Waals surface area (Å²) in [5.41, 5.74) is -0.803. The van der Waals surface area contributed by atoms with E-state index in [9.17, 15) is 14.7 Å². The van der Waals surface area contributed by atoms with Gasteiger partial charge in [-0.25, -0.2) is 4.79 Å². The normalized spacial score (nSPS) is 22.4. The fourth-order valence-electron chi connectivity index (χ4n) is 2.98. The lowest BCUT2D eigenvalue weighted by Gasteiger charge is -2.40. The maximum atomic E-state index is 12.7. The van der Waals surface area contributed by atoms with Gasteiger partial charge in [0.1, 0.15) is 0 Å². The van der Waals surface area contributed by atoms with E-state index < -0.39 is 11.4 Å². The van der Waals surface area contributed by atoms with Crippen molar-refractivity contribution in [2.75, 3.05) is 26.2 Å². The number of carbonyl (C=O) groups is 2. The molecular formula is C16H30N2O3. The number of likely N-dealkylation sites (tertiary alicyclic amines) is 1. The maximum Gasteiger partial charge on any atom is 0.320 e. The fourth-order valence-corrected chi connectivity index (χ4v) is 2.98. The van der Waals surface area contributed by atoms with E-state index in [1.54, 1.807) is 11.8 Å². The van der Waals surface area contributed by atoms with Gasteiger partial charge >= 0.3 is 12.0 Å². The van der Waals surface area contributed by atoms with Gasteiger partial charge < -0.3 is 14.9 Å². The summed E-state index contributed by atoms with van der Waals surface area (Å²) in [6.45, 7) is 10.5. The standard InChI is InChI=1S/C16H30N2O3/c1-5-13(6-2)11-17(7-3)15(21)18-10-8-9-16(4,12-18)14(19)20/h13H,5-12H2,1-4H3,(H,19,20). The van der Waals surface area contributed by atoms with Crippen LogP contribution in [0.1, 0.15) is 53.4 Å². The summed E-state index contributed by atoms with van der Waals surface area (Å²) in [5, 5.41) is 9.36. The molecule has 0 aromatic carbocycles. The van der Waals surface area contributed by atoms with Gasteiger partial charge in [-0.3, -0.25) is 4.79 Å². The van der Waals surface area contributed by atoms with Gasteiger partial charge in [-0.05, 0) is 32.6 Å². The SMILES string of the molecule is CCC(CC)CN(CC)C(=O)N1CCCC(C)(C(=O)O)C1. The van der Waals surface area contributed by atoms with E-state index in [0.29, 0.717) is 32.0 Å². The van der Waals surface area contributed by atoms with Crippen molar-refractivity contribution >= 4 is 12.0 Å². The molecule has 0 bridgehead atoms. The van der Waals surface area contributed by atoms with Crippen molar-refractivity contribution in [3.8, 4) is 0 Å². The van der Waals surface area contributed by atoms with Crippen molar-refractivity contribution in [3.05, 3.63) is 0 Å². The van der Waals surface area contributed by atoms with Gasteiger partial charge in [0.2, 0.25) is 0 Å². The zero-order valence-corrected chi connectivity index (χ0v) is 13.9. The molecule has 1 unspecified atom stereocenters. The molecule has 2 amide bonds. The monoisotopic (exact) mass is 298 g/mol. The van der Waals surface area contributed by atoms with Crippen LogP contribution in [0.5, 0.6) is 0 Å². The summed E-state index contributed by atoms with van der Waals surface area (Å²) in [4.78, 5) is 27.7. The van der Waals surface area contributed by atoms with Gasteiger partial charge in [0.05, 0.1) is 5.41 Å². The Hall–Kier alpha value is -1.26. The van der Waals surface area contributed by atoms with E-state index in [2.05, 4.69) is 13.8 Å². The summed E-state index contributed by atoms with van der Waals surface area (Å²) in [5.74, 6) is -0.285. The highest BCUT2D eigenvalue weighted by molar-refractivity contribution is 5.78. The molecule has 1 N–H and O–H groups in total. The quantitative estimate of drug-likeness (QED) is 0.820. The zero-order chi connectivity index (χ0) is 16.0. The highest BCUT2D eigenvalue weighted by Crippen LogP contribution is 2.30. The van der Waals surface area contributed by atoms with Gasteiger partial charge in [-0.15, -0.1) is 0 Å². The van der Waals surface area contributed by atoms with Crippen LogP contribution in [0.3, 0.4) is 0 Å². The van der Waals surface area contributed by atoms with E-state index in [0.717, 1.165) is 25.8 Å². The molecule has 0 aromatic rings. The molecule has 1 aliphatic heterocycles. The van der Waals surface area contributed by atoms with E-state index in [-0.39, 0.29) is 6.03 Å². The van der Waals surface area contributed by atoms with Crippen LogP contribution in [-0.4, -0.2) is 53.1 Å². The second-order valence-electron chi connectivity index (χ2n) is 6.39. The number of aliphatic carboxylic acids is 1. The molecule has 1 heterocycles. The smallest absolute Gasteiger partial charge is 0.320 e. The molecule has 21 heavy (non-hydrogen) atoms. The lowest BCUT2D eigenvalue weighted by molar-refractivity contribution is -0.150. The van der Waals surface area contributed by atoms with Gasteiger partial charge in [0, 0.05) is 26.2 Å². The Kier molecular flexibility index (Phi) is 6.49. The minimum absolute atomic E-state index is 0.00317. The predicted octanol–water partition coefficient (Wildman–Crippen LogP) is 3.05. The van der Waals surface area contributed by atoms with Gasteiger partial charge in [0.25, 0.3) is 0 Å². The molecule has 122 valence electrons. The number of piperidine rings is 1. The number of urea groups is 1. The molecule has 1 atom stereocenters. The van der Waals surface area contributed by atoms with Gasteiger partial charge in [0.15, 0.2) is 0 Å². The number of amides is 2. The molecule has 0 aliphatic carbocycles. The highest BCUT2D eigenvalue weighted by Gasteiger charge is 2.40. The number of hydrogen-bond acceptors (Lipinski definition) is 2.